The summed E-state index contributed by atoms with van der Waals surface area (Å²) in [6.07, 6.45) is 5.46. The fraction of sp³-hybridized carbons (Fsp3) is 0.267. The van der Waals surface area contributed by atoms with Crippen LogP contribution in [-0.2, 0) is 6.54 Å². The van der Waals surface area contributed by atoms with Gasteiger partial charge in [0.25, 0.3) is 0 Å². The summed E-state index contributed by atoms with van der Waals surface area (Å²) in [5, 5.41) is -0.166. The molecule has 3 aromatic heterocycles. The van der Waals surface area contributed by atoms with Crippen LogP contribution < -0.4 is 0 Å². The number of halogens is 1. The molecule has 0 aliphatic rings. The van der Waals surface area contributed by atoms with Gasteiger partial charge in [0, 0.05) is 18.6 Å². The lowest BCUT2D eigenvalue weighted by Gasteiger charge is -2.11. The van der Waals surface area contributed by atoms with Gasteiger partial charge < -0.3 is 4.57 Å². The van der Waals surface area contributed by atoms with Gasteiger partial charge in [0.15, 0.2) is 5.65 Å². The fourth-order valence-corrected chi connectivity index (χ4v) is 2.43. The zero-order valence-electron chi connectivity index (χ0n) is 11.4. The summed E-state index contributed by atoms with van der Waals surface area (Å²) in [6, 6.07) is 5.85. The van der Waals surface area contributed by atoms with Gasteiger partial charge in [-0.05, 0) is 43.2 Å². The summed E-state index contributed by atoms with van der Waals surface area (Å²) >= 11 is 6.26. The first-order chi connectivity index (χ1) is 9.66. The Morgan fingerprint density at radius 2 is 2.15 bits per heavy atom. The molecule has 0 N–H and O–H groups in total. The molecule has 3 aromatic rings. The number of pyridine rings is 2. The van der Waals surface area contributed by atoms with Gasteiger partial charge >= 0.3 is 0 Å². The number of nitrogens with zero attached hydrogens (tertiary/aromatic N) is 4. The van der Waals surface area contributed by atoms with Crippen LogP contribution in [-0.4, -0.2) is 19.5 Å². The molecule has 0 bridgehead atoms. The predicted octanol–water partition coefficient (Wildman–Crippen LogP) is 3.48. The van der Waals surface area contributed by atoms with E-state index in [-0.39, 0.29) is 5.38 Å². The van der Waals surface area contributed by atoms with E-state index in [1.54, 1.807) is 12.4 Å². The van der Waals surface area contributed by atoms with Crippen LogP contribution in [0.4, 0.5) is 0 Å². The third-order valence-corrected chi connectivity index (χ3v) is 3.56. The Morgan fingerprint density at radius 1 is 1.30 bits per heavy atom. The summed E-state index contributed by atoms with van der Waals surface area (Å²) in [5.41, 5.74) is 4.08. The van der Waals surface area contributed by atoms with Crippen molar-refractivity contribution in [1.82, 2.24) is 19.5 Å². The predicted molar refractivity (Wildman–Crippen MR) is 79.9 cm³/mol. The topological polar surface area (TPSA) is 43.6 Å². The third kappa shape index (κ3) is 2.27. The number of hydrogen-bond acceptors (Lipinski definition) is 3. The van der Waals surface area contributed by atoms with E-state index in [0.29, 0.717) is 6.54 Å². The van der Waals surface area contributed by atoms with E-state index in [4.69, 9.17) is 11.6 Å². The van der Waals surface area contributed by atoms with Crippen molar-refractivity contribution in [1.29, 1.82) is 0 Å². The van der Waals surface area contributed by atoms with Crippen molar-refractivity contribution in [3.05, 3.63) is 53.7 Å². The molecule has 0 fully saturated rings. The van der Waals surface area contributed by atoms with E-state index in [1.807, 2.05) is 31.3 Å². The van der Waals surface area contributed by atoms with E-state index in [0.717, 1.165) is 22.6 Å². The Labute approximate surface area is 122 Å². The molecule has 0 aliphatic carbocycles. The van der Waals surface area contributed by atoms with Gasteiger partial charge in [-0.25, -0.2) is 9.97 Å². The third-order valence-electron chi connectivity index (χ3n) is 3.37. The molecule has 0 aliphatic heterocycles. The molecule has 3 heterocycles. The fourth-order valence-electron chi connectivity index (χ4n) is 2.27. The van der Waals surface area contributed by atoms with Crippen molar-refractivity contribution in [3.63, 3.8) is 0 Å². The van der Waals surface area contributed by atoms with Crippen molar-refractivity contribution in [3.8, 4) is 0 Å². The maximum Gasteiger partial charge on any atom is 0.160 e. The molecule has 3 rings (SSSR count). The molecule has 1 unspecified atom stereocenters. The minimum atomic E-state index is -0.166. The van der Waals surface area contributed by atoms with Gasteiger partial charge in [-0.15, -0.1) is 11.6 Å². The summed E-state index contributed by atoms with van der Waals surface area (Å²) in [4.78, 5) is 13.2. The molecular formula is C15H15ClN4. The molecule has 0 aromatic carbocycles. The summed E-state index contributed by atoms with van der Waals surface area (Å²) in [6.45, 7) is 4.68. The largest absolute Gasteiger partial charge is 0.307 e. The van der Waals surface area contributed by atoms with Crippen LogP contribution >= 0.6 is 11.6 Å². The number of rotatable bonds is 3. The van der Waals surface area contributed by atoms with Crippen molar-refractivity contribution in [2.24, 2.45) is 0 Å². The molecule has 0 radical (unpaired) electrons. The smallest absolute Gasteiger partial charge is 0.160 e. The Morgan fingerprint density at radius 3 is 2.90 bits per heavy atom. The molecule has 4 nitrogen and oxygen atoms in total. The molecule has 5 heteroatoms. The number of hydrogen-bond donors (Lipinski definition) is 0. The van der Waals surface area contributed by atoms with Crippen LogP contribution in [0, 0.1) is 6.92 Å². The molecule has 0 amide bonds. The standard InChI is InChI=1S/C15H15ClN4/c1-10-5-7-17-8-12(10)9-20-14(11(2)16)19-13-4-3-6-18-15(13)20/h3-8,11H,9H2,1-2H3. The van der Waals surface area contributed by atoms with Crippen LogP contribution in [0.5, 0.6) is 0 Å². The zero-order valence-corrected chi connectivity index (χ0v) is 12.2. The lowest BCUT2D eigenvalue weighted by Crippen LogP contribution is -2.07. The molecule has 1 atom stereocenters. The first-order valence-corrected chi connectivity index (χ1v) is 6.95. The lowest BCUT2D eigenvalue weighted by molar-refractivity contribution is 0.731. The van der Waals surface area contributed by atoms with E-state index in [9.17, 15) is 0 Å². The second-order valence-electron chi connectivity index (χ2n) is 4.82. The molecule has 0 spiro atoms. The highest BCUT2D eigenvalue weighted by atomic mass is 35.5. The van der Waals surface area contributed by atoms with E-state index >= 15 is 0 Å². The first-order valence-electron chi connectivity index (χ1n) is 6.51. The van der Waals surface area contributed by atoms with E-state index in [1.165, 1.54) is 5.56 Å². The SMILES string of the molecule is Cc1ccncc1Cn1c(C(C)Cl)nc2cccnc21. The number of alkyl halides is 1. The van der Waals surface area contributed by atoms with Gasteiger partial charge in [0.1, 0.15) is 11.3 Å². The van der Waals surface area contributed by atoms with Gasteiger partial charge in [0.2, 0.25) is 0 Å². The highest BCUT2D eigenvalue weighted by Crippen LogP contribution is 2.24. The highest BCUT2D eigenvalue weighted by Gasteiger charge is 2.16. The Balaban J connectivity index is 2.14. The Hall–Kier alpha value is -1.94. The highest BCUT2D eigenvalue weighted by molar-refractivity contribution is 6.20. The molecule has 0 saturated heterocycles. The Bertz CT molecular complexity index is 748. The second kappa shape index (κ2) is 5.21. The van der Waals surface area contributed by atoms with Crippen molar-refractivity contribution in [2.45, 2.75) is 25.8 Å². The molecule has 20 heavy (non-hydrogen) atoms. The average molecular weight is 287 g/mol. The molecular weight excluding hydrogens is 272 g/mol. The minimum absolute atomic E-state index is 0.166. The summed E-state index contributed by atoms with van der Waals surface area (Å²) in [7, 11) is 0. The monoisotopic (exact) mass is 286 g/mol. The number of imidazole rings is 1. The van der Waals surface area contributed by atoms with Crippen LogP contribution in [0.25, 0.3) is 11.2 Å². The quantitative estimate of drug-likeness (QED) is 0.692. The van der Waals surface area contributed by atoms with Gasteiger partial charge in [-0.3, -0.25) is 4.98 Å². The number of fused-ring (bicyclic) bond motifs is 1. The maximum absolute atomic E-state index is 6.26. The van der Waals surface area contributed by atoms with Crippen LogP contribution in [0.15, 0.2) is 36.8 Å². The zero-order chi connectivity index (χ0) is 14.1. The van der Waals surface area contributed by atoms with Crippen molar-refractivity contribution < 1.29 is 0 Å². The Kier molecular flexibility index (Phi) is 3.40. The van der Waals surface area contributed by atoms with Crippen LogP contribution in [0.3, 0.4) is 0 Å². The van der Waals surface area contributed by atoms with Crippen molar-refractivity contribution >= 4 is 22.8 Å². The number of aromatic nitrogens is 4. The maximum atomic E-state index is 6.26. The first kappa shape index (κ1) is 13.1. The van der Waals surface area contributed by atoms with E-state index < -0.39 is 0 Å². The number of aryl methyl sites for hydroxylation is 1. The average Bonchev–Trinajstić information content (AvgIpc) is 2.81. The minimum Gasteiger partial charge on any atom is -0.307 e. The van der Waals surface area contributed by atoms with Gasteiger partial charge in [0.05, 0.1) is 11.9 Å². The van der Waals surface area contributed by atoms with Crippen LogP contribution in [0.2, 0.25) is 0 Å². The molecule has 102 valence electrons. The van der Waals surface area contributed by atoms with Gasteiger partial charge in [-0.1, -0.05) is 0 Å². The summed E-state index contributed by atoms with van der Waals surface area (Å²) < 4.78 is 2.07. The van der Waals surface area contributed by atoms with Crippen LogP contribution in [0.1, 0.15) is 29.3 Å². The lowest BCUT2D eigenvalue weighted by atomic mass is 10.1. The van der Waals surface area contributed by atoms with Crippen molar-refractivity contribution in [2.75, 3.05) is 0 Å². The normalized spacial score (nSPS) is 12.8. The summed E-state index contributed by atoms with van der Waals surface area (Å²) in [5.74, 6) is 0.837. The van der Waals surface area contributed by atoms with Gasteiger partial charge in [-0.2, -0.15) is 0 Å². The molecule has 0 saturated carbocycles. The second-order valence-corrected chi connectivity index (χ2v) is 5.48. The van der Waals surface area contributed by atoms with E-state index in [2.05, 4.69) is 26.4 Å².